The summed E-state index contributed by atoms with van der Waals surface area (Å²) < 4.78 is 5.06. The molecule has 0 spiro atoms. The third-order valence-corrected chi connectivity index (χ3v) is 14.2. The number of piperazine rings is 1. The predicted molar refractivity (Wildman–Crippen MR) is 226 cm³/mol. The van der Waals surface area contributed by atoms with Crippen molar-refractivity contribution in [2.24, 2.45) is 11.8 Å². The molecule has 10 rings (SSSR count). The number of ether oxygens (including phenoxy) is 1. The normalized spacial score (nSPS) is 24.5. The number of piperidine rings is 3. The Hall–Kier alpha value is -5.65. The molecular formula is C45H53N9O8. The number of anilines is 3. The SMILES string of the molecule is O=C1CCC(N2C(=O)c3ccc(N4CCC(CN5CCC(CN6CCN7c8cc(-c9ccccc9O)nnc8NC[C@H]7C6)CC5)CC4)cc3C2=O)C(=O)N1COC(=O)C1(O)CC1. The van der Waals surface area contributed by atoms with Crippen LogP contribution in [0.1, 0.15) is 72.1 Å². The molecule has 4 amide bonds. The largest absolute Gasteiger partial charge is 0.507 e. The number of benzene rings is 2. The number of rotatable bonds is 10. The lowest BCUT2D eigenvalue weighted by atomic mass is 9.92. The summed E-state index contributed by atoms with van der Waals surface area (Å²) in [5, 5.41) is 32.8. The first kappa shape index (κ1) is 40.4. The van der Waals surface area contributed by atoms with Crippen molar-refractivity contribution in [1.29, 1.82) is 0 Å². The number of fused-ring (bicyclic) bond motifs is 4. The molecule has 1 aliphatic carbocycles. The van der Waals surface area contributed by atoms with E-state index >= 15 is 0 Å². The van der Waals surface area contributed by atoms with Crippen LogP contribution in [0.15, 0.2) is 48.5 Å². The van der Waals surface area contributed by atoms with Gasteiger partial charge in [0.25, 0.3) is 17.7 Å². The van der Waals surface area contributed by atoms with Crippen molar-refractivity contribution in [2.75, 3.05) is 87.3 Å². The van der Waals surface area contributed by atoms with E-state index in [1.54, 1.807) is 18.2 Å². The van der Waals surface area contributed by atoms with E-state index in [-0.39, 0.29) is 42.6 Å². The summed E-state index contributed by atoms with van der Waals surface area (Å²) in [5.74, 6) is -1.14. The Kier molecular flexibility index (Phi) is 10.6. The molecule has 326 valence electrons. The zero-order chi connectivity index (χ0) is 42.7. The number of aliphatic hydroxyl groups is 1. The first-order valence-electron chi connectivity index (χ1n) is 22.1. The number of carbonyl (C=O) groups is 5. The third kappa shape index (κ3) is 7.63. The predicted octanol–water partition coefficient (Wildman–Crippen LogP) is 2.53. The van der Waals surface area contributed by atoms with E-state index in [9.17, 15) is 34.2 Å². The highest BCUT2D eigenvalue weighted by Gasteiger charge is 2.51. The monoisotopic (exact) mass is 847 g/mol. The number of imide groups is 2. The summed E-state index contributed by atoms with van der Waals surface area (Å²) in [6.07, 6.45) is 4.85. The molecule has 2 atom stereocenters. The molecule has 1 unspecified atom stereocenters. The van der Waals surface area contributed by atoms with Gasteiger partial charge in [0.1, 0.15) is 11.8 Å². The molecule has 17 nitrogen and oxygen atoms in total. The molecule has 3 aromatic rings. The molecule has 2 aromatic carbocycles. The van der Waals surface area contributed by atoms with Gasteiger partial charge < -0.3 is 35.0 Å². The molecule has 6 aliphatic heterocycles. The van der Waals surface area contributed by atoms with E-state index in [0.29, 0.717) is 29.1 Å². The van der Waals surface area contributed by atoms with Crippen LogP contribution in [-0.4, -0.2) is 159 Å². The minimum absolute atomic E-state index is 0.0112. The highest BCUT2D eigenvalue weighted by atomic mass is 16.6. The van der Waals surface area contributed by atoms with Crippen molar-refractivity contribution in [2.45, 2.75) is 69.1 Å². The Labute approximate surface area is 359 Å². The average Bonchev–Trinajstić information content (AvgIpc) is 4.00. The van der Waals surface area contributed by atoms with E-state index in [2.05, 4.69) is 41.2 Å². The standard InChI is InChI=1S/C45H53N9O8/c55-38-4-2-1-3-33(38)35-22-37-40(48-47-35)46-23-31-26-50(19-20-52(31)37)25-28-9-15-49(16-10-28)24-29-11-17-51(18-12-29)30-5-6-32-34(21-30)42(58)54(41(32)57)36-7-8-39(56)53(43(36)59)27-62-44(60)45(61)13-14-45/h1-6,21-22,28-29,31,36,55,61H,7-20,23-27H2,(H,46,48)/t31-,36?/m0/s1. The fourth-order valence-corrected chi connectivity index (χ4v) is 10.3. The number of hydrogen-bond donors (Lipinski definition) is 3. The molecule has 1 aromatic heterocycles. The number of nitrogens with zero attached hydrogens (tertiary/aromatic N) is 8. The van der Waals surface area contributed by atoms with E-state index in [4.69, 9.17) is 4.74 Å². The summed E-state index contributed by atoms with van der Waals surface area (Å²) in [6, 6.07) is 13.7. The maximum absolute atomic E-state index is 13.7. The smallest absolute Gasteiger partial charge is 0.339 e. The lowest BCUT2D eigenvalue weighted by molar-refractivity contribution is -0.169. The molecular weight excluding hydrogens is 795 g/mol. The number of carbonyl (C=O) groups excluding carboxylic acids is 5. The topological polar surface area (TPSA) is 192 Å². The van der Waals surface area contributed by atoms with Gasteiger partial charge in [-0.15, -0.1) is 10.2 Å². The first-order chi connectivity index (χ1) is 30.0. The van der Waals surface area contributed by atoms with Crippen LogP contribution < -0.4 is 15.1 Å². The molecule has 1 saturated carbocycles. The van der Waals surface area contributed by atoms with Crippen LogP contribution in [0.3, 0.4) is 0 Å². The average molecular weight is 848 g/mol. The number of aromatic hydroxyl groups is 1. The van der Waals surface area contributed by atoms with Gasteiger partial charge in [0.2, 0.25) is 5.91 Å². The van der Waals surface area contributed by atoms with Gasteiger partial charge in [-0.25, -0.2) is 9.69 Å². The number of aromatic nitrogens is 2. The van der Waals surface area contributed by atoms with Crippen molar-refractivity contribution < 1.29 is 38.9 Å². The van der Waals surface area contributed by atoms with Crippen molar-refractivity contribution in [3.63, 3.8) is 0 Å². The number of likely N-dealkylation sites (tertiary alicyclic amines) is 2. The van der Waals surface area contributed by atoms with Crippen molar-refractivity contribution in [3.05, 3.63) is 59.7 Å². The molecule has 5 fully saturated rings. The van der Waals surface area contributed by atoms with Gasteiger partial charge in [0.15, 0.2) is 18.1 Å². The number of hydrogen-bond acceptors (Lipinski definition) is 15. The maximum Gasteiger partial charge on any atom is 0.339 e. The van der Waals surface area contributed by atoms with E-state index in [1.165, 1.54) is 12.8 Å². The van der Waals surface area contributed by atoms with Crippen LogP contribution in [0, 0.1) is 11.8 Å². The van der Waals surface area contributed by atoms with Crippen LogP contribution in [-0.2, 0) is 19.1 Å². The minimum atomic E-state index is -1.57. The summed E-state index contributed by atoms with van der Waals surface area (Å²) in [6.45, 7) is 9.19. The Balaban J connectivity index is 0.678. The van der Waals surface area contributed by atoms with Gasteiger partial charge in [0, 0.05) is 70.0 Å². The van der Waals surface area contributed by atoms with Gasteiger partial charge >= 0.3 is 5.97 Å². The third-order valence-electron chi connectivity index (χ3n) is 14.2. The zero-order valence-electron chi connectivity index (χ0n) is 34.8. The van der Waals surface area contributed by atoms with Crippen LogP contribution >= 0.6 is 0 Å². The fraction of sp³-hybridized carbons (Fsp3) is 0.533. The van der Waals surface area contributed by atoms with E-state index in [1.807, 2.05) is 24.3 Å². The van der Waals surface area contributed by atoms with Crippen LogP contribution in [0.25, 0.3) is 11.3 Å². The number of nitrogens with one attached hydrogen (secondary N) is 1. The molecule has 4 saturated heterocycles. The Morgan fingerprint density at radius 2 is 1.53 bits per heavy atom. The summed E-state index contributed by atoms with van der Waals surface area (Å²) >= 11 is 0. The van der Waals surface area contributed by atoms with Crippen LogP contribution in [0.2, 0.25) is 0 Å². The van der Waals surface area contributed by atoms with E-state index in [0.717, 1.165) is 105 Å². The van der Waals surface area contributed by atoms with Crippen LogP contribution in [0.5, 0.6) is 5.75 Å². The number of phenolic OH excluding ortho intramolecular Hbond substituents is 1. The number of amides is 4. The highest BCUT2D eigenvalue weighted by molar-refractivity contribution is 6.23. The second-order valence-corrected chi connectivity index (χ2v) is 18.2. The Morgan fingerprint density at radius 3 is 2.29 bits per heavy atom. The molecule has 0 bridgehead atoms. The quantitative estimate of drug-likeness (QED) is 0.199. The Bertz CT molecular complexity index is 2290. The molecule has 0 radical (unpaired) electrons. The van der Waals surface area contributed by atoms with Crippen molar-refractivity contribution in [3.8, 4) is 17.0 Å². The zero-order valence-corrected chi connectivity index (χ0v) is 34.8. The Morgan fingerprint density at radius 1 is 0.806 bits per heavy atom. The van der Waals surface area contributed by atoms with E-state index < -0.39 is 48.0 Å². The van der Waals surface area contributed by atoms with Gasteiger partial charge in [-0.05, 0) is 106 Å². The van der Waals surface area contributed by atoms with Gasteiger partial charge in [0.05, 0.1) is 28.6 Å². The number of esters is 1. The van der Waals surface area contributed by atoms with Gasteiger partial charge in [-0.3, -0.25) is 29.0 Å². The lowest BCUT2D eigenvalue weighted by Crippen LogP contribution is -2.58. The number of para-hydroxylation sites is 1. The fourth-order valence-electron chi connectivity index (χ4n) is 10.3. The summed E-state index contributed by atoms with van der Waals surface area (Å²) in [4.78, 5) is 77.1. The molecule has 17 heteroatoms. The first-order valence-corrected chi connectivity index (χ1v) is 22.1. The lowest BCUT2D eigenvalue weighted by Gasteiger charge is -2.47. The molecule has 7 heterocycles. The maximum atomic E-state index is 13.7. The van der Waals surface area contributed by atoms with Crippen LogP contribution in [0.4, 0.5) is 17.2 Å². The highest BCUT2D eigenvalue weighted by Crippen LogP contribution is 2.38. The second-order valence-electron chi connectivity index (χ2n) is 18.2. The molecule has 3 N–H and O–H groups in total. The molecule has 7 aliphatic rings. The second kappa shape index (κ2) is 16.2. The summed E-state index contributed by atoms with van der Waals surface area (Å²) in [5.41, 5.74) is 2.17. The summed E-state index contributed by atoms with van der Waals surface area (Å²) in [7, 11) is 0. The minimum Gasteiger partial charge on any atom is -0.507 e. The van der Waals surface area contributed by atoms with Crippen molar-refractivity contribution in [1.82, 2.24) is 29.8 Å². The number of phenols is 1. The van der Waals surface area contributed by atoms with Crippen molar-refractivity contribution >= 4 is 46.8 Å². The van der Waals surface area contributed by atoms with Gasteiger partial charge in [-0.2, -0.15) is 0 Å². The molecule has 62 heavy (non-hydrogen) atoms. The van der Waals surface area contributed by atoms with Gasteiger partial charge in [-0.1, -0.05) is 12.1 Å².